The summed E-state index contributed by atoms with van der Waals surface area (Å²) in [6.45, 7) is 13.3. The van der Waals surface area contributed by atoms with Gasteiger partial charge in [0.1, 0.15) is 6.10 Å². The fourth-order valence-corrected chi connectivity index (χ4v) is 1.49. The molecule has 0 rings (SSSR count). The Morgan fingerprint density at radius 1 is 1.50 bits per heavy atom. The van der Waals surface area contributed by atoms with E-state index in [1.807, 2.05) is 0 Å². The molecule has 0 saturated carbocycles. The standard InChI is InChI=1S/C12H20O2/c1-6-9-12(4,5)10(7-2)14-11(13)8-3/h7-8,10H,2-3,6,9H2,1,4-5H3. The summed E-state index contributed by atoms with van der Waals surface area (Å²) < 4.78 is 5.19. The summed E-state index contributed by atoms with van der Waals surface area (Å²) in [5, 5.41) is 0. The van der Waals surface area contributed by atoms with Crippen LogP contribution in [0.1, 0.15) is 33.6 Å². The summed E-state index contributed by atoms with van der Waals surface area (Å²) >= 11 is 0. The molecule has 0 amide bonds. The van der Waals surface area contributed by atoms with Crippen molar-refractivity contribution in [3.05, 3.63) is 25.3 Å². The average Bonchev–Trinajstić information content (AvgIpc) is 2.13. The monoisotopic (exact) mass is 196 g/mol. The molecule has 14 heavy (non-hydrogen) atoms. The van der Waals surface area contributed by atoms with Gasteiger partial charge >= 0.3 is 5.97 Å². The van der Waals surface area contributed by atoms with E-state index in [4.69, 9.17) is 4.74 Å². The predicted molar refractivity (Wildman–Crippen MR) is 59.0 cm³/mol. The van der Waals surface area contributed by atoms with Crippen molar-refractivity contribution in [1.29, 1.82) is 0 Å². The van der Waals surface area contributed by atoms with Crippen molar-refractivity contribution in [2.24, 2.45) is 5.41 Å². The molecule has 0 N–H and O–H groups in total. The summed E-state index contributed by atoms with van der Waals surface area (Å²) in [7, 11) is 0. The molecule has 0 fully saturated rings. The van der Waals surface area contributed by atoms with Crippen LogP contribution in [0.2, 0.25) is 0 Å². The Kier molecular flexibility index (Phi) is 5.21. The molecule has 2 nitrogen and oxygen atoms in total. The van der Waals surface area contributed by atoms with Crippen LogP contribution >= 0.6 is 0 Å². The van der Waals surface area contributed by atoms with Gasteiger partial charge in [0, 0.05) is 11.5 Å². The Morgan fingerprint density at radius 3 is 2.43 bits per heavy atom. The Hall–Kier alpha value is -1.05. The molecule has 0 aromatic heterocycles. The number of hydrogen-bond acceptors (Lipinski definition) is 2. The molecule has 0 spiro atoms. The van der Waals surface area contributed by atoms with Crippen molar-refractivity contribution in [2.75, 3.05) is 0 Å². The van der Waals surface area contributed by atoms with E-state index in [0.29, 0.717) is 0 Å². The van der Waals surface area contributed by atoms with Gasteiger partial charge in [0.25, 0.3) is 0 Å². The highest BCUT2D eigenvalue weighted by Crippen LogP contribution is 2.29. The first kappa shape index (κ1) is 12.9. The summed E-state index contributed by atoms with van der Waals surface area (Å²) in [6.07, 6.45) is 4.67. The zero-order chi connectivity index (χ0) is 11.2. The van der Waals surface area contributed by atoms with Crippen LogP contribution < -0.4 is 0 Å². The maximum absolute atomic E-state index is 11.0. The summed E-state index contributed by atoms with van der Waals surface area (Å²) in [6, 6.07) is 0. The molecular weight excluding hydrogens is 176 g/mol. The third-order valence-corrected chi connectivity index (χ3v) is 2.29. The maximum atomic E-state index is 11.0. The average molecular weight is 196 g/mol. The van der Waals surface area contributed by atoms with Gasteiger partial charge in [-0.3, -0.25) is 0 Å². The fourth-order valence-electron chi connectivity index (χ4n) is 1.49. The minimum absolute atomic E-state index is 0.0603. The van der Waals surface area contributed by atoms with Crippen molar-refractivity contribution in [1.82, 2.24) is 0 Å². The quantitative estimate of drug-likeness (QED) is 0.370. The largest absolute Gasteiger partial charge is 0.454 e. The van der Waals surface area contributed by atoms with Crippen LogP contribution in [0.15, 0.2) is 25.3 Å². The summed E-state index contributed by atoms with van der Waals surface area (Å²) in [4.78, 5) is 11.0. The molecule has 0 aromatic carbocycles. The first-order valence-electron chi connectivity index (χ1n) is 4.93. The van der Waals surface area contributed by atoms with Gasteiger partial charge in [0.05, 0.1) is 0 Å². The third kappa shape index (κ3) is 3.77. The lowest BCUT2D eigenvalue weighted by molar-refractivity contribution is -0.145. The minimum atomic E-state index is -0.390. The highest BCUT2D eigenvalue weighted by atomic mass is 16.5. The summed E-state index contributed by atoms with van der Waals surface area (Å²) in [5.41, 5.74) is -0.0603. The zero-order valence-electron chi connectivity index (χ0n) is 9.38. The Balaban J connectivity index is 4.45. The minimum Gasteiger partial charge on any atom is -0.454 e. The fraction of sp³-hybridized carbons (Fsp3) is 0.583. The molecule has 0 aliphatic carbocycles. The first-order valence-corrected chi connectivity index (χ1v) is 4.93. The van der Waals surface area contributed by atoms with E-state index in [-0.39, 0.29) is 17.5 Å². The van der Waals surface area contributed by atoms with Crippen molar-refractivity contribution in [3.63, 3.8) is 0 Å². The van der Waals surface area contributed by atoms with Gasteiger partial charge in [0.15, 0.2) is 0 Å². The number of ether oxygens (including phenoxy) is 1. The van der Waals surface area contributed by atoms with E-state index < -0.39 is 0 Å². The topological polar surface area (TPSA) is 26.3 Å². The molecule has 0 saturated heterocycles. The molecule has 0 aliphatic heterocycles. The van der Waals surface area contributed by atoms with Gasteiger partial charge < -0.3 is 4.74 Å². The number of esters is 1. The molecule has 0 heterocycles. The number of carbonyl (C=O) groups excluding carboxylic acids is 1. The molecule has 80 valence electrons. The molecular formula is C12H20O2. The van der Waals surface area contributed by atoms with E-state index in [1.54, 1.807) is 6.08 Å². The number of carbonyl (C=O) groups is 1. The molecule has 1 atom stereocenters. The SMILES string of the molecule is C=CC(=O)OC(C=C)C(C)(C)CCC. The van der Waals surface area contributed by atoms with Gasteiger partial charge in [-0.15, -0.1) is 0 Å². The molecule has 0 aliphatic rings. The Labute approximate surface area is 86.6 Å². The van der Waals surface area contributed by atoms with E-state index in [9.17, 15) is 4.79 Å². The van der Waals surface area contributed by atoms with E-state index in [0.717, 1.165) is 12.8 Å². The molecule has 0 radical (unpaired) electrons. The Bertz CT molecular complexity index is 216. The maximum Gasteiger partial charge on any atom is 0.330 e. The zero-order valence-corrected chi connectivity index (χ0v) is 9.38. The lowest BCUT2D eigenvalue weighted by Crippen LogP contribution is -2.31. The van der Waals surface area contributed by atoms with Crippen LogP contribution in [0, 0.1) is 5.41 Å². The van der Waals surface area contributed by atoms with Crippen LogP contribution in [-0.2, 0) is 9.53 Å². The third-order valence-electron chi connectivity index (χ3n) is 2.29. The lowest BCUT2D eigenvalue weighted by Gasteiger charge is -2.31. The molecule has 2 heteroatoms. The van der Waals surface area contributed by atoms with E-state index in [2.05, 4.69) is 33.9 Å². The highest BCUT2D eigenvalue weighted by molar-refractivity contribution is 5.81. The van der Waals surface area contributed by atoms with Crippen LogP contribution in [0.25, 0.3) is 0 Å². The second-order valence-electron chi connectivity index (χ2n) is 4.04. The predicted octanol–water partition coefficient (Wildman–Crippen LogP) is 3.10. The normalized spacial score (nSPS) is 13.1. The number of hydrogen-bond donors (Lipinski definition) is 0. The van der Waals surface area contributed by atoms with Crippen molar-refractivity contribution >= 4 is 5.97 Å². The van der Waals surface area contributed by atoms with E-state index in [1.165, 1.54) is 6.08 Å². The van der Waals surface area contributed by atoms with Crippen LogP contribution in [0.4, 0.5) is 0 Å². The second kappa shape index (κ2) is 5.63. The molecule has 0 aromatic rings. The molecule has 1 unspecified atom stereocenters. The van der Waals surface area contributed by atoms with Crippen molar-refractivity contribution in [2.45, 2.75) is 39.7 Å². The van der Waals surface area contributed by atoms with Gasteiger partial charge in [-0.2, -0.15) is 0 Å². The van der Waals surface area contributed by atoms with Gasteiger partial charge in [-0.25, -0.2) is 4.79 Å². The van der Waals surface area contributed by atoms with Crippen molar-refractivity contribution < 1.29 is 9.53 Å². The highest BCUT2D eigenvalue weighted by Gasteiger charge is 2.28. The van der Waals surface area contributed by atoms with Crippen LogP contribution in [0.3, 0.4) is 0 Å². The first-order chi connectivity index (χ1) is 6.47. The van der Waals surface area contributed by atoms with Crippen LogP contribution in [0.5, 0.6) is 0 Å². The van der Waals surface area contributed by atoms with Gasteiger partial charge in [-0.1, -0.05) is 46.4 Å². The Morgan fingerprint density at radius 2 is 2.07 bits per heavy atom. The lowest BCUT2D eigenvalue weighted by atomic mass is 9.82. The smallest absolute Gasteiger partial charge is 0.330 e. The van der Waals surface area contributed by atoms with E-state index >= 15 is 0 Å². The van der Waals surface area contributed by atoms with Gasteiger partial charge in [0.2, 0.25) is 0 Å². The van der Waals surface area contributed by atoms with Crippen LogP contribution in [-0.4, -0.2) is 12.1 Å². The molecule has 0 bridgehead atoms. The summed E-state index contributed by atoms with van der Waals surface area (Å²) in [5.74, 6) is -0.390. The van der Waals surface area contributed by atoms with Gasteiger partial charge in [-0.05, 0) is 6.42 Å². The van der Waals surface area contributed by atoms with Crippen molar-refractivity contribution in [3.8, 4) is 0 Å². The second-order valence-corrected chi connectivity index (χ2v) is 4.04. The number of rotatable bonds is 6.